The second-order valence-electron chi connectivity index (χ2n) is 5.10. The summed E-state index contributed by atoms with van der Waals surface area (Å²) < 4.78 is 10.7. The summed E-state index contributed by atoms with van der Waals surface area (Å²) in [5, 5.41) is 8.52. The number of hydrogen-bond donors (Lipinski definition) is 1. The Morgan fingerprint density at radius 2 is 2.05 bits per heavy atom. The van der Waals surface area contributed by atoms with E-state index in [1.54, 1.807) is 7.11 Å². The number of ether oxygens (including phenoxy) is 2. The Morgan fingerprint density at radius 3 is 2.68 bits per heavy atom. The van der Waals surface area contributed by atoms with Crippen LogP contribution in [0.4, 0.5) is 0 Å². The van der Waals surface area contributed by atoms with E-state index in [4.69, 9.17) is 14.6 Å². The van der Waals surface area contributed by atoms with Crippen LogP contribution >= 0.6 is 0 Å². The molecule has 0 bridgehead atoms. The van der Waals surface area contributed by atoms with Crippen LogP contribution in [0.15, 0.2) is 30.3 Å². The van der Waals surface area contributed by atoms with Crippen molar-refractivity contribution in [1.29, 1.82) is 0 Å². The first-order chi connectivity index (χ1) is 10.6. The normalized spacial score (nSPS) is 12.5. The Balaban J connectivity index is 2.11. The molecule has 0 fully saturated rings. The predicted molar refractivity (Wildman–Crippen MR) is 87.8 cm³/mol. The van der Waals surface area contributed by atoms with E-state index in [2.05, 4.69) is 19.1 Å². The number of carboxylic acid groups (broad SMARTS) is 1. The molecule has 0 saturated carbocycles. The van der Waals surface area contributed by atoms with Gasteiger partial charge in [-0.2, -0.15) is 0 Å². The fraction of sp³-hybridized carbons (Fsp3) is 0.444. The second-order valence-corrected chi connectivity index (χ2v) is 5.10. The number of rotatable bonds is 11. The molecule has 121 valence electrons. The maximum Gasteiger partial charge on any atom is 0.303 e. The molecular formula is C18H25O4. The molecule has 0 spiro atoms. The summed E-state index contributed by atoms with van der Waals surface area (Å²) in [5.74, 6) is 0.0983. The van der Waals surface area contributed by atoms with Crippen LogP contribution in [0.1, 0.15) is 37.7 Å². The molecule has 1 atom stereocenters. The zero-order chi connectivity index (χ0) is 16.2. The minimum absolute atomic E-state index is 0.0506. The first-order valence-corrected chi connectivity index (χ1v) is 7.59. The maximum atomic E-state index is 10.4. The zero-order valence-electron chi connectivity index (χ0n) is 13.2. The third-order valence-corrected chi connectivity index (χ3v) is 3.22. The van der Waals surface area contributed by atoms with Crippen molar-refractivity contribution in [2.45, 2.75) is 38.2 Å². The number of carbonyl (C=O) groups is 1. The molecule has 22 heavy (non-hydrogen) atoms. The average molecular weight is 305 g/mol. The lowest BCUT2D eigenvalue weighted by molar-refractivity contribution is -0.137. The lowest BCUT2D eigenvalue weighted by Crippen LogP contribution is -2.09. The topological polar surface area (TPSA) is 55.8 Å². The molecule has 0 aromatic heterocycles. The molecule has 1 rings (SSSR count). The standard InChI is InChI=1S/C18H25O4/c1-15(22-14-6-5-9-18(19)20)7-3-4-8-16-10-12-17(21-2)13-11-16/h4,8,10-13,15H,1,3,5-7,9,14H2,2H3,(H,19,20). The van der Waals surface area contributed by atoms with Crippen LogP contribution in [-0.2, 0) is 9.53 Å². The number of aliphatic carboxylic acids is 1. The number of allylic oxidation sites excluding steroid dienone is 1. The van der Waals surface area contributed by atoms with E-state index in [1.807, 2.05) is 24.3 Å². The molecule has 1 aromatic carbocycles. The summed E-state index contributed by atoms with van der Waals surface area (Å²) >= 11 is 0. The van der Waals surface area contributed by atoms with Crippen molar-refractivity contribution >= 4 is 12.0 Å². The van der Waals surface area contributed by atoms with E-state index in [-0.39, 0.29) is 12.5 Å². The lowest BCUT2D eigenvalue weighted by Gasteiger charge is -2.11. The lowest BCUT2D eigenvalue weighted by atomic mass is 10.1. The molecule has 1 aromatic rings. The summed E-state index contributed by atoms with van der Waals surface area (Å²) in [5.41, 5.74) is 1.14. The zero-order valence-corrected chi connectivity index (χ0v) is 13.2. The van der Waals surface area contributed by atoms with Gasteiger partial charge < -0.3 is 14.6 Å². The van der Waals surface area contributed by atoms with E-state index in [0.29, 0.717) is 13.0 Å². The monoisotopic (exact) mass is 305 g/mol. The fourth-order valence-corrected chi connectivity index (χ4v) is 1.93. The molecule has 4 heteroatoms. The van der Waals surface area contributed by atoms with E-state index in [0.717, 1.165) is 30.6 Å². The van der Waals surface area contributed by atoms with Gasteiger partial charge in [0.15, 0.2) is 0 Å². The van der Waals surface area contributed by atoms with Gasteiger partial charge in [-0.15, -0.1) is 0 Å². The van der Waals surface area contributed by atoms with Gasteiger partial charge in [-0.1, -0.05) is 24.3 Å². The molecular weight excluding hydrogens is 280 g/mol. The van der Waals surface area contributed by atoms with Gasteiger partial charge in [0.25, 0.3) is 0 Å². The molecule has 0 saturated heterocycles. The highest BCUT2D eigenvalue weighted by Gasteiger charge is 2.02. The number of carboxylic acids is 1. The Labute approximate surface area is 132 Å². The number of benzene rings is 1. The average Bonchev–Trinajstić information content (AvgIpc) is 2.51. The van der Waals surface area contributed by atoms with Crippen molar-refractivity contribution in [3.8, 4) is 5.75 Å². The van der Waals surface area contributed by atoms with Crippen LogP contribution < -0.4 is 4.74 Å². The van der Waals surface area contributed by atoms with Gasteiger partial charge in [-0.3, -0.25) is 4.79 Å². The quantitative estimate of drug-likeness (QED) is 0.629. The smallest absolute Gasteiger partial charge is 0.303 e. The largest absolute Gasteiger partial charge is 0.497 e. The first kappa shape index (κ1) is 18.2. The maximum absolute atomic E-state index is 10.4. The van der Waals surface area contributed by atoms with E-state index in [9.17, 15) is 4.79 Å². The van der Waals surface area contributed by atoms with Gasteiger partial charge in [0.05, 0.1) is 13.2 Å². The molecule has 0 aliphatic carbocycles. The summed E-state index contributed by atoms with van der Waals surface area (Å²) in [6.07, 6.45) is 7.49. The highest BCUT2D eigenvalue weighted by molar-refractivity contribution is 5.66. The first-order valence-electron chi connectivity index (χ1n) is 7.59. The molecule has 0 heterocycles. The van der Waals surface area contributed by atoms with Crippen LogP contribution in [0.25, 0.3) is 6.08 Å². The predicted octanol–water partition coefficient (Wildman–Crippen LogP) is 3.96. The number of methoxy groups -OCH3 is 1. The van der Waals surface area contributed by atoms with Crippen LogP contribution in [0.2, 0.25) is 0 Å². The van der Waals surface area contributed by atoms with Crippen molar-refractivity contribution in [3.63, 3.8) is 0 Å². The van der Waals surface area contributed by atoms with Crippen LogP contribution in [0.5, 0.6) is 5.75 Å². The highest BCUT2D eigenvalue weighted by atomic mass is 16.5. The van der Waals surface area contributed by atoms with Gasteiger partial charge in [-0.25, -0.2) is 0 Å². The summed E-state index contributed by atoms with van der Waals surface area (Å²) in [7, 11) is 1.65. The minimum Gasteiger partial charge on any atom is -0.497 e. The highest BCUT2D eigenvalue weighted by Crippen LogP contribution is 2.13. The van der Waals surface area contributed by atoms with Crippen molar-refractivity contribution in [2.24, 2.45) is 0 Å². The molecule has 0 aliphatic heterocycles. The van der Waals surface area contributed by atoms with Crippen molar-refractivity contribution in [3.05, 3.63) is 42.8 Å². The van der Waals surface area contributed by atoms with Crippen LogP contribution in [-0.4, -0.2) is 30.9 Å². The van der Waals surface area contributed by atoms with Gasteiger partial charge in [0.1, 0.15) is 5.75 Å². The molecule has 0 amide bonds. The van der Waals surface area contributed by atoms with Crippen molar-refractivity contribution in [2.75, 3.05) is 13.7 Å². The van der Waals surface area contributed by atoms with Gasteiger partial charge in [0.2, 0.25) is 0 Å². The third-order valence-electron chi connectivity index (χ3n) is 3.22. The fourth-order valence-electron chi connectivity index (χ4n) is 1.93. The minimum atomic E-state index is -0.755. The Kier molecular flexibility index (Phi) is 9.00. The Morgan fingerprint density at radius 1 is 1.32 bits per heavy atom. The number of hydrogen-bond acceptors (Lipinski definition) is 3. The summed E-state index contributed by atoms with van der Waals surface area (Å²) in [6.45, 7) is 4.52. The van der Waals surface area contributed by atoms with E-state index in [1.165, 1.54) is 0 Å². The van der Waals surface area contributed by atoms with Gasteiger partial charge in [-0.05, 0) is 50.3 Å². The van der Waals surface area contributed by atoms with E-state index >= 15 is 0 Å². The molecule has 0 aliphatic rings. The van der Waals surface area contributed by atoms with Crippen LogP contribution in [0, 0.1) is 6.92 Å². The van der Waals surface area contributed by atoms with E-state index < -0.39 is 5.97 Å². The van der Waals surface area contributed by atoms with Crippen LogP contribution in [0.3, 0.4) is 0 Å². The summed E-state index contributed by atoms with van der Waals surface area (Å²) in [6, 6.07) is 7.89. The Bertz CT molecular complexity index is 451. The Hall–Kier alpha value is -1.81. The SMILES string of the molecule is [CH2]C(CCC=Cc1ccc(OC)cc1)OCCCCC(=O)O. The van der Waals surface area contributed by atoms with Gasteiger partial charge >= 0.3 is 5.97 Å². The van der Waals surface area contributed by atoms with Gasteiger partial charge in [0, 0.05) is 13.0 Å². The third kappa shape index (κ3) is 8.47. The molecule has 1 N–H and O–H groups in total. The molecule has 1 radical (unpaired) electrons. The second kappa shape index (κ2) is 10.9. The number of unbranched alkanes of at least 4 members (excludes halogenated alkanes) is 1. The molecule has 1 unspecified atom stereocenters. The summed E-state index contributed by atoms with van der Waals surface area (Å²) in [4.78, 5) is 10.4. The van der Waals surface area contributed by atoms with Crippen molar-refractivity contribution < 1.29 is 19.4 Å². The molecule has 4 nitrogen and oxygen atoms in total. The van der Waals surface area contributed by atoms with Crippen molar-refractivity contribution in [1.82, 2.24) is 0 Å².